The highest BCUT2D eigenvalue weighted by molar-refractivity contribution is 4.75. The molecule has 0 heterocycles. The van der Waals surface area contributed by atoms with Gasteiger partial charge in [-0.1, -0.05) is 13.8 Å². The van der Waals surface area contributed by atoms with Crippen molar-refractivity contribution in [3.63, 3.8) is 0 Å². The Morgan fingerprint density at radius 2 is 1.64 bits per heavy atom. The van der Waals surface area contributed by atoms with Crippen molar-refractivity contribution in [3.05, 3.63) is 0 Å². The molecule has 0 rings (SSSR count). The molecule has 0 bridgehead atoms. The van der Waals surface area contributed by atoms with Crippen LogP contribution in [0, 0.1) is 5.92 Å². The molecule has 2 N–H and O–H groups in total. The summed E-state index contributed by atoms with van der Waals surface area (Å²) in [4.78, 5) is 0. The van der Waals surface area contributed by atoms with Crippen molar-refractivity contribution in [1.29, 1.82) is 0 Å². The summed E-state index contributed by atoms with van der Waals surface area (Å²) in [6.07, 6.45) is 0.798. The Hall–Kier alpha value is -0.0800. The minimum atomic E-state index is -0.706. The molecule has 0 fully saturated rings. The van der Waals surface area contributed by atoms with Crippen molar-refractivity contribution in [2.75, 3.05) is 0 Å². The highest BCUT2D eigenvalue weighted by Crippen LogP contribution is 2.21. The van der Waals surface area contributed by atoms with Gasteiger partial charge < -0.3 is 10.2 Å². The van der Waals surface area contributed by atoms with E-state index in [4.69, 9.17) is 5.11 Å². The lowest BCUT2D eigenvalue weighted by molar-refractivity contribution is -0.00608. The average Bonchev–Trinajstić information content (AvgIpc) is 1.53. The van der Waals surface area contributed by atoms with E-state index in [1.807, 2.05) is 0 Å². The Bertz CT molecular complexity index is 94.1. The van der Waals surface area contributed by atoms with Crippen molar-refractivity contribution in [2.45, 2.75) is 52.2 Å². The summed E-state index contributed by atoms with van der Waals surface area (Å²) in [6.45, 7) is 7.61. The molecular formula is C9H20O2. The molecule has 0 aliphatic rings. The summed E-state index contributed by atoms with van der Waals surface area (Å²) in [7, 11) is 0. The molecule has 2 unspecified atom stereocenters. The molecule has 0 aliphatic heterocycles. The van der Waals surface area contributed by atoms with Crippen LogP contribution >= 0.6 is 0 Å². The molecule has 68 valence electrons. The van der Waals surface area contributed by atoms with Gasteiger partial charge in [0.05, 0.1) is 11.7 Å². The topological polar surface area (TPSA) is 40.5 Å². The average molecular weight is 160 g/mol. The lowest BCUT2D eigenvalue weighted by Crippen LogP contribution is -2.30. The van der Waals surface area contributed by atoms with E-state index in [9.17, 15) is 5.11 Å². The molecule has 2 heteroatoms. The molecule has 0 aromatic carbocycles. The van der Waals surface area contributed by atoms with Gasteiger partial charge in [0.25, 0.3) is 0 Å². The number of hydrogen-bond acceptors (Lipinski definition) is 2. The summed E-state index contributed by atoms with van der Waals surface area (Å²) in [5.74, 6) is 0.476. The number of hydrogen-bond donors (Lipinski definition) is 2. The van der Waals surface area contributed by atoms with Gasteiger partial charge in [-0.3, -0.25) is 0 Å². The Balaban J connectivity index is 3.79. The minimum absolute atomic E-state index is 0.413. The third kappa shape index (κ3) is 6.32. The Labute approximate surface area is 69.2 Å². The van der Waals surface area contributed by atoms with E-state index < -0.39 is 11.7 Å². The van der Waals surface area contributed by atoms with Crippen LogP contribution in [-0.4, -0.2) is 21.9 Å². The van der Waals surface area contributed by atoms with Crippen LogP contribution in [0.4, 0.5) is 0 Å². The number of rotatable bonds is 4. The van der Waals surface area contributed by atoms with E-state index in [2.05, 4.69) is 13.8 Å². The van der Waals surface area contributed by atoms with E-state index in [1.54, 1.807) is 13.8 Å². The lowest BCUT2D eigenvalue weighted by Gasteiger charge is -2.26. The van der Waals surface area contributed by atoms with E-state index in [0.717, 1.165) is 6.42 Å². The van der Waals surface area contributed by atoms with E-state index >= 15 is 0 Å². The first kappa shape index (κ1) is 10.9. The monoisotopic (exact) mass is 160 g/mol. The third-order valence-electron chi connectivity index (χ3n) is 1.58. The largest absolute Gasteiger partial charge is 0.393 e. The third-order valence-corrected chi connectivity index (χ3v) is 1.58. The maximum absolute atomic E-state index is 9.70. The summed E-state index contributed by atoms with van der Waals surface area (Å²) < 4.78 is 0. The first-order chi connectivity index (χ1) is 4.83. The van der Waals surface area contributed by atoms with Gasteiger partial charge in [-0.15, -0.1) is 0 Å². The van der Waals surface area contributed by atoms with Gasteiger partial charge >= 0.3 is 0 Å². The zero-order valence-corrected chi connectivity index (χ0v) is 7.96. The first-order valence-corrected chi connectivity index (χ1v) is 4.24. The van der Waals surface area contributed by atoms with Crippen LogP contribution in [0.5, 0.6) is 0 Å². The SMILES string of the molecule is CC(C)CC(C)(O)CC(C)O. The molecule has 0 saturated carbocycles. The van der Waals surface area contributed by atoms with Gasteiger partial charge in [-0.05, 0) is 26.2 Å². The molecule has 0 spiro atoms. The van der Waals surface area contributed by atoms with Crippen molar-refractivity contribution >= 4 is 0 Å². The fraction of sp³-hybridized carbons (Fsp3) is 1.00. The fourth-order valence-electron chi connectivity index (χ4n) is 1.60. The second-order valence-electron chi connectivity index (χ2n) is 4.15. The molecular weight excluding hydrogens is 140 g/mol. The van der Waals surface area contributed by atoms with Crippen molar-refractivity contribution in [1.82, 2.24) is 0 Å². The minimum Gasteiger partial charge on any atom is -0.393 e. The maximum Gasteiger partial charge on any atom is 0.0646 e. The highest BCUT2D eigenvalue weighted by Gasteiger charge is 2.23. The van der Waals surface area contributed by atoms with E-state index in [-0.39, 0.29) is 0 Å². The quantitative estimate of drug-likeness (QED) is 0.655. The van der Waals surface area contributed by atoms with Gasteiger partial charge in [0.2, 0.25) is 0 Å². The lowest BCUT2D eigenvalue weighted by atomic mass is 9.89. The van der Waals surface area contributed by atoms with Crippen LogP contribution in [0.1, 0.15) is 40.5 Å². The van der Waals surface area contributed by atoms with Gasteiger partial charge in [-0.25, -0.2) is 0 Å². The van der Waals surface area contributed by atoms with Crippen LogP contribution in [-0.2, 0) is 0 Å². The van der Waals surface area contributed by atoms with Gasteiger partial charge in [0.15, 0.2) is 0 Å². The van der Waals surface area contributed by atoms with Gasteiger partial charge in [0, 0.05) is 6.42 Å². The Morgan fingerprint density at radius 1 is 1.18 bits per heavy atom. The summed E-state index contributed by atoms with van der Waals surface area (Å²) in [5, 5.41) is 18.7. The van der Waals surface area contributed by atoms with E-state index in [1.165, 1.54) is 0 Å². The zero-order chi connectivity index (χ0) is 9.07. The standard InChI is InChI=1S/C9H20O2/c1-7(2)5-9(4,11)6-8(3)10/h7-8,10-11H,5-6H2,1-4H3. The maximum atomic E-state index is 9.70. The van der Waals surface area contributed by atoms with Crippen LogP contribution in [0.15, 0.2) is 0 Å². The molecule has 0 amide bonds. The smallest absolute Gasteiger partial charge is 0.0646 e. The highest BCUT2D eigenvalue weighted by atomic mass is 16.3. The van der Waals surface area contributed by atoms with Crippen molar-refractivity contribution < 1.29 is 10.2 Å². The van der Waals surface area contributed by atoms with Crippen LogP contribution in [0.25, 0.3) is 0 Å². The molecule has 0 saturated heterocycles. The summed E-state index contributed by atoms with van der Waals surface area (Å²) >= 11 is 0. The zero-order valence-electron chi connectivity index (χ0n) is 7.96. The van der Waals surface area contributed by atoms with Crippen LogP contribution < -0.4 is 0 Å². The molecule has 0 aromatic heterocycles. The molecule has 11 heavy (non-hydrogen) atoms. The van der Waals surface area contributed by atoms with Crippen LogP contribution in [0.2, 0.25) is 0 Å². The second-order valence-corrected chi connectivity index (χ2v) is 4.15. The van der Waals surface area contributed by atoms with Crippen molar-refractivity contribution in [3.8, 4) is 0 Å². The van der Waals surface area contributed by atoms with Crippen molar-refractivity contribution in [2.24, 2.45) is 5.92 Å². The van der Waals surface area contributed by atoms with Gasteiger partial charge in [0.1, 0.15) is 0 Å². The normalized spacial score (nSPS) is 19.9. The predicted octanol–water partition coefficient (Wildman–Crippen LogP) is 1.55. The predicted molar refractivity (Wildman–Crippen MR) is 46.4 cm³/mol. The second kappa shape index (κ2) is 4.07. The van der Waals surface area contributed by atoms with E-state index in [0.29, 0.717) is 12.3 Å². The Kier molecular flexibility index (Phi) is 4.04. The fourth-order valence-corrected chi connectivity index (χ4v) is 1.60. The number of aliphatic hydroxyl groups is 2. The first-order valence-electron chi connectivity index (χ1n) is 4.24. The summed E-state index contributed by atoms with van der Waals surface area (Å²) in [6, 6.07) is 0. The number of aliphatic hydroxyl groups excluding tert-OH is 1. The molecule has 0 aromatic rings. The van der Waals surface area contributed by atoms with Crippen LogP contribution in [0.3, 0.4) is 0 Å². The molecule has 0 aliphatic carbocycles. The summed E-state index contributed by atoms with van der Waals surface area (Å²) in [5.41, 5.74) is -0.706. The molecule has 0 radical (unpaired) electrons. The molecule has 2 atom stereocenters. The van der Waals surface area contributed by atoms with Gasteiger partial charge in [-0.2, -0.15) is 0 Å². The molecule has 2 nitrogen and oxygen atoms in total. The Morgan fingerprint density at radius 3 is 1.91 bits per heavy atom.